The van der Waals surface area contributed by atoms with E-state index in [0.29, 0.717) is 6.61 Å². The van der Waals surface area contributed by atoms with Crippen molar-refractivity contribution in [3.8, 4) is 0 Å². The van der Waals surface area contributed by atoms with Crippen LogP contribution in [-0.2, 0) is 9.53 Å². The zero-order valence-corrected chi connectivity index (χ0v) is 11.3. The molecule has 0 radical (unpaired) electrons. The first kappa shape index (κ1) is 13.1. The van der Waals surface area contributed by atoms with Crippen molar-refractivity contribution in [3.05, 3.63) is 29.8 Å². The van der Waals surface area contributed by atoms with Crippen LogP contribution in [-0.4, -0.2) is 18.1 Å². The topological polar surface area (TPSA) is 38.3 Å². The molecule has 1 aromatic rings. The van der Waals surface area contributed by atoms with Crippen molar-refractivity contribution in [2.45, 2.75) is 39.2 Å². The van der Waals surface area contributed by atoms with E-state index >= 15 is 0 Å². The highest BCUT2D eigenvalue weighted by atomic mass is 16.5. The molecule has 1 heterocycles. The third kappa shape index (κ3) is 3.33. The molecule has 1 aromatic carbocycles. The second-order valence-electron chi connectivity index (χ2n) is 5.65. The van der Waals surface area contributed by atoms with Gasteiger partial charge in [0.15, 0.2) is 0 Å². The van der Waals surface area contributed by atoms with Gasteiger partial charge in [-0.1, -0.05) is 17.7 Å². The molecule has 0 unspecified atom stereocenters. The molecule has 0 aromatic heterocycles. The summed E-state index contributed by atoms with van der Waals surface area (Å²) in [5.41, 5.74) is 1.88. The minimum Gasteiger partial charge on any atom is -0.376 e. The maximum atomic E-state index is 12.2. The van der Waals surface area contributed by atoms with Gasteiger partial charge < -0.3 is 10.1 Å². The Hall–Kier alpha value is -1.35. The molecule has 1 atom stereocenters. The number of amides is 1. The van der Waals surface area contributed by atoms with Crippen molar-refractivity contribution in [1.29, 1.82) is 0 Å². The van der Waals surface area contributed by atoms with Crippen LogP contribution in [0.5, 0.6) is 0 Å². The largest absolute Gasteiger partial charge is 0.376 e. The van der Waals surface area contributed by atoms with Gasteiger partial charge in [-0.25, -0.2) is 0 Å². The maximum absolute atomic E-state index is 12.2. The van der Waals surface area contributed by atoms with Crippen molar-refractivity contribution in [2.24, 2.45) is 5.92 Å². The van der Waals surface area contributed by atoms with E-state index in [0.717, 1.165) is 18.5 Å². The number of ether oxygens (including phenoxy) is 1. The number of benzene rings is 1. The monoisotopic (exact) mass is 247 g/mol. The molecule has 1 saturated heterocycles. The quantitative estimate of drug-likeness (QED) is 0.872. The summed E-state index contributed by atoms with van der Waals surface area (Å²) in [4.78, 5) is 12.2. The summed E-state index contributed by atoms with van der Waals surface area (Å²) in [5, 5.41) is 2.98. The molecule has 1 aliphatic heterocycles. The van der Waals surface area contributed by atoms with E-state index in [1.807, 2.05) is 45.0 Å². The molecule has 1 amide bonds. The molecule has 1 N–H and O–H groups in total. The Kier molecular flexibility index (Phi) is 3.71. The summed E-state index contributed by atoms with van der Waals surface area (Å²) in [6.45, 7) is 6.78. The lowest BCUT2D eigenvalue weighted by Crippen LogP contribution is -2.39. The lowest BCUT2D eigenvalue weighted by atomic mass is 9.88. The third-order valence-corrected chi connectivity index (χ3v) is 3.39. The first-order valence-electron chi connectivity index (χ1n) is 6.48. The van der Waals surface area contributed by atoms with Crippen molar-refractivity contribution in [1.82, 2.24) is 0 Å². The van der Waals surface area contributed by atoms with Gasteiger partial charge >= 0.3 is 0 Å². The standard InChI is InChI=1S/C15H21NO2/c1-11-4-6-13(7-5-11)16-14(17)12-8-9-18-15(2,3)10-12/h4-7,12H,8-10H2,1-3H3,(H,16,17)/t12-/m0/s1. The number of carbonyl (C=O) groups excluding carboxylic acids is 1. The van der Waals surface area contributed by atoms with Crippen LogP contribution in [0.3, 0.4) is 0 Å². The first-order chi connectivity index (χ1) is 8.46. The second-order valence-corrected chi connectivity index (χ2v) is 5.65. The van der Waals surface area contributed by atoms with Gasteiger partial charge in [0.05, 0.1) is 5.60 Å². The van der Waals surface area contributed by atoms with Crippen molar-refractivity contribution >= 4 is 11.6 Å². The Morgan fingerprint density at radius 3 is 2.61 bits per heavy atom. The molecular formula is C15H21NO2. The van der Waals surface area contributed by atoms with Gasteiger partial charge in [-0.2, -0.15) is 0 Å². The van der Waals surface area contributed by atoms with Gasteiger partial charge in [-0.15, -0.1) is 0 Å². The fraction of sp³-hybridized carbons (Fsp3) is 0.533. The van der Waals surface area contributed by atoms with E-state index in [-0.39, 0.29) is 17.4 Å². The third-order valence-electron chi connectivity index (χ3n) is 3.39. The van der Waals surface area contributed by atoms with Crippen LogP contribution in [0, 0.1) is 12.8 Å². The summed E-state index contributed by atoms with van der Waals surface area (Å²) in [6, 6.07) is 7.89. The summed E-state index contributed by atoms with van der Waals surface area (Å²) >= 11 is 0. The number of carbonyl (C=O) groups is 1. The van der Waals surface area contributed by atoms with Gasteiger partial charge in [-0.05, 0) is 45.7 Å². The fourth-order valence-electron chi connectivity index (χ4n) is 2.34. The van der Waals surface area contributed by atoms with Crippen molar-refractivity contribution < 1.29 is 9.53 Å². The maximum Gasteiger partial charge on any atom is 0.227 e. The Morgan fingerprint density at radius 1 is 1.33 bits per heavy atom. The van der Waals surface area contributed by atoms with Crippen molar-refractivity contribution in [3.63, 3.8) is 0 Å². The lowest BCUT2D eigenvalue weighted by molar-refractivity contribution is -0.130. The van der Waals surface area contributed by atoms with Gasteiger partial charge in [0.25, 0.3) is 0 Å². The van der Waals surface area contributed by atoms with Crippen LogP contribution in [0.1, 0.15) is 32.3 Å². The molecule has 1 aliphatic rings. The summed E-state index contributed by atoms with van der Waals surface area (Å²) in [6.07, 6.45) is 1.59. The number of nitrogens with one attached hydrogen (secondary N) is 1. The minimum atomic E-state index is -0.187. The highest BCUT2D eigenvalue weighted by Gasteiger charge is 2.32. The minimum absolute atomic E-state index is 0.0510. The van der Waals surface area contributed by atoms with Crippen LogP contribution in [0.15, 0.2) is 24.3 Å². The molecule has 0 saturated carbocycles. The van der Waals surface area contributed by atoms with E-state index in [1.165, 1.54) is 5.56 Å². The van der Waals surface area contributed by atoms with E-state index in [1.54, 1.807) is 0 Å². The molecule has 2 rings (SSSR count). The highest BCUT2D eigenvalue weighted by Crippen LogP contribution is 2.29. The Bertz CT molecular complexity index is 423. The van der Waals surface area contributed by atoms with Crippen LogP contribution < -0.4 is 5.32 Å². The molecular weight excluding hydrogens is 226 g/mol. The van der Waals surface area contributed by atoms with Gasteiger partial charge in [0.2, 0.25) is 5.91 Å². The van der Waals surface area contributed by atoms with E-state index in [9.17, 15) is 4.79 Å². The van der Waals surface area contributed by atoms with Crippen LogP contribution in [0.25, 0.3) is 0 Å². The van der Waals surface area contributed by atoms with Gasteiger partial charge in [-0.3, -0.25) is 4.79 Å². The Balaban J connectivity index is 1.97. The van der Waals surface area contributed by atoms with Crippen molar-refractivity contribution in [2.75, 3.05) is 11.9 Å². The molecule has 3 nitrogen and oxygen atoms in total. The number of hydrogen-bond acceptors (Lipinski definition) is 2. The predicted molar refractivity (Wildman–Crippen MR) is 72.6 cm³/mol. The zero-order valence-electron chi connectivity index (χ0n) is 11.3. The second kappa shape index (κ2) is 5.11. The summed E-state index contributed by atoms with van der Waals surface area (Å²) in [7, 11) is 0. The van der Waals surface area contributed by atoms with E-state index in [4.69, 9.17) is 4.74 Å². The number of hydrogen-bond donors (Lipinski definition) is 1. The number of anilines is 1. The van der Waals surface area contributed by atoms with E-state index in [2.05, 4.69) is 5.32 Å². The van der Waals surface area contributed by atoms with Crippen LogP contribution in [0.4, 0.5) is 5.69 Å². The van der Waals surface area contributed by atoms with E-state index < -0.39 is 0 Å². The SMILES string of the molecule is Cc1ccc(NC(=O)[C@H]2CCOC(C)(C)C2)cc1. The van der Waals surface area contributed by atoms with Crippen LogP contribution in [0.2, 0.25) is 0 Å². The van der Waals surface area contributed by atoms with Crippen LogP contribution >= 0.6 is 0 Å². The highest BCUT2D eigenvalue weighted by molar-refractivity contribution is 5.92. The molecule has 1 fully saturated rings. The fourth-order valence-corrected chi connectivity index (χ4v) is 2.34. The Labute approximate surface area is 109 Å². The normalized spacial score (nSPS) is 22.5. The first-order valence-corrected chi connectivity index (χ1v) is 6.48. The predicted octanol–water partition coefficient (Wildman–Crippen LogP) is 3.14. The molecule has 3 heteroatoms. The average Bonchev–Trinajstić information content (AvgIpc) is 2.31. The molecule has 0 aliphatic carbocycles. The van der Waals surface area contributed by atoms with Gasteiger partial charge in [0.1, 0.15) is 0 Å². The molecule has 0 bridgehead atoms. The molecule has 98 valence electrons. The van der Waals surface area contributed by atoms with Gasteiger partial charge in [0, 0.05) is 18.2 Å². The summed E-state index contributed by atoms with van der Waals surface area (Å²) in [5.74, 6) is 0.158. The smallest absolute Gasteiger partial charge is 0.227 e. The molecule has 0 spiro atoms. The number of aryl methyl sites for hydroxylation is 1. The number of rotatable bonds is 2. The lowest BCUT2D eigenvalue weighted by Gasteiger charge is -2.34. The summed E-state index contributed by atoms with van der Waals surface area (Å²) < 4.78 is 5.63. The molecule has 18 heavy (non-hydrogen) atoms. The average molecular weight is 247 g/mol. The Morgan fingerprint density at radius 2 is 2.00 bits per heavy atom. The zero-order chi connectivity index (χ0) is 13.2.